The minimum atomic E-state index is 0.684. The summed E-state index contributed by atoms with van der Waals surface area (Å²) in [6, 6.07) is 0.684. The van der Waals surface area contributed by atoms with Crippen molar-refractivity contribution in [3.8, 4) is 0 Å². The van der Waals surface area contributed by atoms with E-state index in [4.69, 9.17) is 0 Å². The van der Waals surface area contributed by atoms with Crippen LogP contribution in [0.2, 0.25) is 0 Å². The second-order valence-electron chi connectivity index (χ2n) is 3.64. The van der Waals surface area contributed by atoms with E-state index in [1.54, 1.807) is 0 Å². The molecule has 1 N–H and O–H groups in total. The van der Waals surface area contributed by atoms with E-state index < -0.39 is 0 Å². The third-order valence-electron chi connectivity index (χ3n) is 2.25. The minimum Gasteiger partial charge on any atom is -0.317 e. The van der Waals surface area contributed by atoms with Crippen molar-refractivity contribution in [2.24, 2.45) is 0 Å². The van der Waals surface area contributed by atoms with Crippen molar-refractivity contribution in [3.05, 3.63) is 0 Å². The van der Waals surface area contributed by atoms with Gasteiger partial charge >= 0.3 is 0 Å². The summed E-state index contributed by atoms with van der Waals surface area (Å²) in [6.45, 7) is 10.1. The number of hydrogen-bond acceptors (Lipinski definition) is 2. The SMILES string of the molecule is CCNCCCCN(C)C(C)C. The van der Waals surface area contributed by atoms with E-state index in [0.29, 0.717) is 6.04 Å². The summed E-state index contributed by atoms with van der Waals surface area (Å²) in [6.07, 6.45) is 2.60. The van der Waals surface area contributed by atoms with Crippen LogP contribution in [-0.2, 0) is 0 Å². The minimum absolute atomic E-state index is 0.684. The summed E-state index contributed by atoms with van der Waals surface area (Å²) >= 11 is 0. The zero-order chi connectivity index (χ0) is 9.40. The maximum atomic E-state index is 3.33. The van der Waals surface area contributed by atoms with Gasteiger partial charge in [-0.25, -0.2) is 0 Å². The van der Waals surface area contributed by atoms with Gasteiger partial charge in [-0.15, -0.1) is 0 Å². The Labute approximate surface area is 77.3 Å². The van der Waals surface area contributed by atoms with Crippen LogP contribution in [0.3, 0.4) is 0 Å². The van der Waals surface area contributed by atoms with Crippen LogP contribution in [0.1, 0.15) is 33.6 Å². The molecular weight excluding hydrogens is 148 g/mol. The number of unbranched alkanes of at least 4 members (excludes halogenated alkanes) is 1. The number of nitrogens with one attached hydrogen (secondary N) is 1. The van der Waals surface area contributed by atoms with Gasteiger partial charge in [0.2, 0.25) is 0 Å². The Hall–Kier alpha value is -0.0800. The fourth-order valence-corrected chi connectivity index (χ4v) is 1.05. The molecule has 0 aromatic heterocycles. The molecule has 0 unspecified atom stereocenters. The van der Waals surface area contributed by atoms with E-state index >= 15 is 0 Å². The molecule has 0 fully saturated rings. The first-order chi connectivity index (χ1) is 5.68. The topological polar surface area (TPSA) is 15.3 Å². The second-order valence-corrected chi connectivity index (χ2v) is 3.64. The Morgan fingerprint density at radius 1 is 1.25 bits per heavy atom. The van der Waals surface area contributed by atoms with Gasteiger partial charge in [0.25, 0.3) is 0 Å². The van der Waals surface area contributed by atoms with Crippen LogP contribution < -0.4 is 5.32 Å². The molecule has 0 bridgehead atoms. The molecule has 12 heavy (non-hydrogen) atoms. The predicted molar refractivity (Wildman–Crippen MR) is 55.5 cm³/mol. The smallest absolute Gasteiger partial charge is 0.00355 e. The highest BCUT2D eigenvalue weighted by atomic mass is 15.1. The summed E-state index contributed by atoms with van der Waals surface area (Å²) in [5.41, 5.74) is 0. The monoisotopic (exact) mass is 172 g/mol. The quantitative estimate of drug-likeness (QED) is 0.588. The molecule has 0 heterocycles. The Bertz CT molecular complexity index is 91.8. The van der Waals surface area contributed by atoms with E-state index in [1.807, 2.05) is 0 Å². The Morgan fingerprint density at radius 3 is 2.42 bits per heavy atom. The first-order valence-corrected chi connectivity index (χ1v) is 5.09. The highest BCUT2D eigenvalue weighted by molar-refractivity contribution is 4.57. The van der Waals surface area contributed by atoms with Gasteiger partial charge in [0.05, 0.1) is 0 Å². The lowest BCUT2D eigenvalue weighted by atomic mass is 10.2. The summed E-state index contributed by atoms with van der Waals surface area (Å²) in [5.74, 6) is 0. The van der Waals surface area contributed by atoms with Crippen LogP contribution >= 0.6 is 0 Å². The Morgan fingerprint density at radius 2 is 1.92 bits per heavy atom. The first-order valence-electron chi connectivity index (χ1n) is 5.09. The van der Waals surface area contributed by atoms with Gasteiger partial charge in [-0.2, -0.15) is 0 Å². The third kappa shape index (κ3) is 6.62. The van der Waals surface area contributed by atoms with Crippen LogP contribution in [-0.4, -0.2) is 37.6 Å². The molecule has 0 aromatic rings. The molecule has 2 nitrogen and oxygen atoms in total. The van der Waals surface area contributed by atoms with Crippen molar-refractivity contribution in [1.29, 1.82) is 0 Å². The molecule has 0 amide bonds. The lowest BCUT2D eigenvalue weighted by Gasteiger charge is -2.20. The zero-order valence-electron chi connectivity index (χ0n) is 9.06. The maximum Gasteiger partial charge on any atom is 0.00355 e. The summed E-state index contributed by atoms with van der Waals surface area (Å²) in [7, 11) is 2.19. The predicted octanol–water partition coefficient (Wildman–Crippen LogP) is 1.72. The molecule has 0 aliphatic heterocycles. The lowest BCUT2D eigenvalue weighted by Crippen LogP contribution is -2.27. The van der Waals surface area contributed by atoms with Crippen LogP contribution in [0.4, 0.5) is 0 Å². The van der Waals surface area contributed by atoms with Crippen molar-refractivity contribution in [3.63, 3.8) is 0 Å². The van der Waals surface area contributed by atoms with E-state index in [9.17, 15) is 0 Å². The van der Waals surface area contributed by atoms with E-state index in [-0.39, 0.29) is 0 Å². The number of hydrogen-bond donors (Lipinski definition) is 1. The van der Waals surface area contributed by atoms with Gasteiger partial charge in [-0.05, 0) is 53.4 Å². The zero-order valence-corrected chi connectivity index (χ0v) is 9.06. The highest BCUT2D eigenvalue weighted by Crippen LogP contribution is 1.96. The molecule has 0 radical (unpaired) electrons. The van der Waals surface area contributed by atoms with E-state index in [2.05, 4.69) is 38.0 Å². The average Bonchev–Trinajstić information content (AvgIpc) is 2.03. The molecular formula is C10H24N2. The average molecular weight is 172 g/mol. The Kier molecular flexibility index (Phi) is 7.51. The molecule has 0 atom stereocenters. The molecule has 0 aromatic carbocycles. The molecule has 0 spiro atoms. The maximum absolute atomic E-state index is 3.33. The fourth-order valence-electron chi connectivity index (χ4n) is 1.05. The van der Waals surface area contributed by atoms with Gasteiger partial charge in [0.15, 0.2) is 0 Å². The second kappa shape index (κ2) is 7.56. The van der Waals surface area contributed by atoms with Crippen LogP contribution in [0.15, 0.2) is 0 Å². The van der Waals surface area contributed by atoms with E-state index in [1.165, 1.54) is 25.9 Å². The molecule has 0 saturated carbocycles. The molecule has 0 aliphatic carbocycles. The normalized spacial score (nSPS) is 11.5. The standard InChI is InChI=1S/C10H24N2/c1-5-11-8-6-7-9-12(4)10(2)3/h10-11H,5-9H2,1-4H3. The van der Waals surface area contributed by atoms with E-state index in [0.717, 1.165) is 6.54 Å². The van der Waals surface area contributed by atoms with Gasteiger partial charge < -0.3 is 10.2 Å². The number of rotatable bonds is 7. The van der Waals surface area contributed by atoms with Crippen molar-refractivity contribution in [1.82, 2.24) is 10.2 Å². The molecule has 0 saturated heterocycles. The van der Waals surface area contributed by atoms with Gasteiger partial charge in [0.1, 0.15) is 0 Å². The number of nitrogens with zero attached hydrogens (tertiary/aromatic N) is 1. The van der Waals surface area contributed by atoms with Gasteiger partial charge in [-0.1, -0.05) is 6.92 Å². The summed E-state index contributed by atoms with van der Waals surface area (Å²) in [5, 5.41) is 3.33. The van der Waals surface area contributed by atoms with Gasteiger partial charge in [-0.3, -0.25) is 0 Å². The summed E-state index contributed by atoms with van der Waals surface area (Å²) in [4.78, 5) is 2.39. The van der Waals surface area contributed by atoms with Crippen molar-refractivity contribution >= 4 is 0 Å². The highest BCUT2D eigenvalue weighted by Gasteiger charge is 2.00. The first kappa shape index (κ1) is 11.9. The van der Waals surface area contributed by atoms with Crippen molar-refractivity contribution in [2.75, 3.05) is 26.7 Å². The van der Waals surface area contributed by atoms with Crippen molar-refractivity contribution in [2.45, 2.75) is 39.7 Å². The van der Waals surface area contributed by atoms with Crippen LogP contribution in [0.25, 0.3) is 0 Å². The summed E-state index contributed by atoms with van der Waals surface area (Å²) < 4.78 is 0. The van der Waals surface area contributed by atoms with Gasteiger partial charge in [0, 0.05) is 6.04 Å². The van der Waals surface area contributed by atoms with Crippen LogP contribution in [0, 0.1) is 0 Å². The molecule has 74 valence electrons. The third-order valence-corrected chi connectivity index (χ3v) is 2.25. The molecule has 0 rings (SSSR count). The Balaban J connectivity index is 3.08. The molecule has 0 aliphatic rings. The lowest BCUT2D eigenvalue weighted by molar-refractivity contribution is 0.268. The van der Waals surface area contributed by atoms with Crippen molar-refractivity contribution < 1.29 is 0 Å². The fraction of sp³-hybridized carbons (Fsp3) is 1.00. The largest absolute Gasteiger partial charge is 0.317 e. The van der Waals surface area contributed by atoms with Crippen LogP contribution in [0.5, 0.6) is 0 Å². The molecule has 2 heteroatoms.